The average molecular weight is 288 g/mol. The number of rotatable bonds is 2. The summed E-state index contributed by atoms with van der Waals surface area (Å²) in [5, 5.41) is 9.84. The van der Waals surface area contributed by atoms with E-state index in [0.29, 0.717) is 10.4 Å². The van der Waals surface area contributed by atoms with Crippen LogP contribution in [-0.2, 0) is 4.74 Å². The van der Waals surface area contributed by atoms with Gasteiger partial charge in [-0.05, 0) is 25.1 Å². The van der Waals surface area contributed by atoms with Gasteiger partial charge >= 0.3 is 0 Å². The Morgan fingerprint density at radius 3 is 2.65 bits per heavy atom. The Morgan fingerprint density at radius 1 is 1.20 bits per heavy atom. The molecular formula is C15H12O4S. The largest absolute Gasteiger partial charge is 0.507 e. The maximum atomic E-state index is 12.5. The van der Waals surface area contributed by atoms with E-state index in [4.69, 9.17) is 4.74 Å². The first-order valence-corrected chi connectivity index (χ1v) is 6.94. The summed E-state index contributed by atoms with van der Waals surface area (Å²) in [5.41, 5.74) is 0.716. The van der Waals surface area contributed by atoms with Crippen LogP contribution in [-0.4, -0.2) is 23.8 Å². The highest BCUT2D eigenvalue weighted by Crippen LogP contribution is 2.38. The van der Waals surface area contributed by atoms with Crippen LogP contribution in [0.1, 0.15) is 49.1 Å². The van der Waals surface area contributed by atoms with Gasteiger partial charge in [0.15, 0.2) is 5.78 Å². The summed E-state index contributed by atoms with van der Waals surface area (Å²) in [5.74, 6) is -0.678. The number of phenols is 1. The molecule has 1 aromatic carbocycles. The van der Waals surface area contributed by atoms with Crippen molar-refractivity contribution in [1.29, 1.82) is 0 Å². The van der Waals surface area contributed by atoms with Crippen molar-refractivity contribution in [1.82, 2.24) is 0 Å². The van der Waals surface area contributed by atoms with Crippen molar-refractivity contribution >= 4 is 22.9 Å². The lowest BCUT2D eigenvalue weighted by Gasteiger charge is -2.14. The fraction of sp³-hybridized carbons (Fsp3) is 0.200. The summed E-state index contributed by atoms with van der Waals surface area (Å²) in [7, 11) is 1.58. The first-order valence-electron chi connectivity index (χ1n) is 6.12. The van der Waals surface area contributed by atoms with E-state index in [1.165, 1.54) is 17.4 Å². The molecule has 1 N–H and O–H groups in total. The average Bonchev–Trinajstić information content (AvgIpc) is 2.89. The molecule has 20 heavy (non-hydrogen) atoms. The van der Waals surface area contributed by atoms with Crippen LogP contribution in [0.15, 0.2) is 24.3 Å². The Labute approximate surface area is 119 Å². The zero-order chi connectivity index (χ0) is 14.4. The number of carbonyl (C=O) groups is 2. The summed E-state index contributed by atoms with van der Waals surface area (Å²) in [6, 6.07) is 6.23. The number of ether oxygens (including phenoxy) is 1. The van der Waals surface area contributed by atoms with Gasteiger partial charge in [0.25, 0.3) is 0 Å². The van der Waals surface area contributed by atoms with E-state index in [1.54, 1.807) is 25.3 Å². The Bertz CT molecular complexity index is 729. The van der Waals surface area contributed by atoms with Crippen molar-refractivity contribution in [2.45, 2.75) is 13.0 Å². The number of thiophene rings is 1. The van der Waals surface area contributed by atoms with Crippen molar-refractivity contribution in [3.63, 3.8) is 0 Å². The van der Waals surface area contributed by atoms with Crippen molar-refractivity contribution in [2.24, 2.45) is 0 Å². The van der Waals surface area contributed by atoms with Crippen LogP contribution in [0, 0.1) is 0 Å². The van der Waals surface area contributed by atoms with E-state index in [2.05, 4.69) is 0 Å². The summed E-state index contributed by atoms with van der Waals surface area (Å²) in [6.45, 7) is 1.86. The molecule has 102 valence electrons. The topological polar surface area (TPSA) is 63.6 Å². The number of fused-ring (bicyclic) bond motifs is 2. The molecule has 0 fully saturated rings. The molecule has 0 amide bonds. The van der Waals surface area contributed by atoms with Gasteiger partial charge in [0.05, 0.1) is 16.5 Å². The Kier molecular flexibility index (Phi) is 2.96. The van der Waals surface area contributed by atoms with Crippen LogP contribution in [0.3, 0.4) is 0 Å². The summed E-state index contributed by atoms with van der Waals surface area (Å²) in [4.78, 5) is 26.1. The molecule has 0 radical (unpaired) electrons. The lowest BCUT2D eigenvalue weighted by molar-refractivity contribution is 0.0979. The number of phenolic OH excluding ortho intramolecular Hbond substituents is 1. The van der Waals surface area contributed by atoms with E-state index in [1.807, 2.05) is 6.92 Å². The molecule has 1 heterocycles. The van der Waals surface area contributed by atoms with E-state index in [0.717, 1.165) is 4.88 Å². The van der Waals surface area contributed by atoms with Crippen LogP contribution in [0.2, 0.25) is 0 Å². The number of hydrogen-bond acceptors (Lipinski definition) is 5. The normalized spacial score (nSPS) is 14.9. The Hall–Kier alpha value is -1.98. The molecule has 0 spiro atoms. The van der Waals surface area contributed by atoms with E-state index >= 15 is 0 Å². The van der Waals surface area contributed by atoms with Crippen LogP contribution < -0.4 is 0 Å². The molecule has 1 atom stereocenters. The molecule has 1 aromatic heterocycles. The predicted octanol–water partition coefficient (Wildman–Crippen LogP) is 2.94. The first-order chi connectivity index (χ1) is 9.54. The van der Waals surface area contributed by atoms with Gasteiger partial charge in [-0.1, -0.05) is 6.07 Å². The maximum Gasteiger partial charge on any atom is 0.204 e. The number of methoxy groups -OCH3 is 1. The van der Waals surface area contributed by atoms with Crippen molar-refractivity contribution < 1.29 is 19.4 Å². The quantitative estimate of drug-likeness (QED) is 0.787. The van der Waals surface area contributed by atoms with Crippen molar-refractivity contribution in [3.8, 4) is 5.75 Å². The van der Waals surface area contributed by atoms with Crippen molar-refractivity contribution in [3.05, 3.63) is 50.7 Å². The minimum Gasteiger partial charge on any atom is -0.507 e. The summed E-state index contributed by atoms with van der Waals surface area (Å²) < 4.78 is 5.22. The maximum absolute atomic E-state index is 12.5. The monoisotopic (exact) mass is 288 g/mol. The summed E-state index contributed by atoms with van der Waals surface area (Å²) >= 11 is 1.27. The third-order valence-corrected chi connectivity index (χ3v) is 4.77. The van der Waals surface area contributed by atoms with Gasteiger partial charge in [0.1, 0.15) is 5.75 Å². The smallest absolute Gasteiger partial charge is 0.204 e. The Balaban J connectivity index is 2.21. The standard InChI is InChI=1S/C15H12O4S/c1-7(19-2)11-6-9-13(17)12-8(4-3-5-10(12)16)14(18)15(9)20-11/h3-7,16H,1-2H3. The lowest BCUT2D eigenvalue weighted by atomic mass is 9.88. The van der Waals surface area contributed by atoms with Crippen LogP contribution in [0.5, 0.6) is 5.75 Å². The molecule has 4 nitrogen and oxygen atoms in total. The zero-order valence-corrected chi connectivity index (χ0v) is 11.8. The van der Waals surface area contributed by atoms with Gasteiger partial charge in [0, 0.05) is 23.1 Å². The van der Waals surface area contributed by atoms with Crippen LogP contribution >= 0.6 is 11.3 Å². The van der Waals surface area contributed by atoms with Gasteiger partial charge in [0.2, 0.25) is 5.78 Å². The molecule has 1 aliphatic rings. The molecular weight excluding hydrogens is 276 g/mol. The van der Waals surface area contributed by atoms with Gasteiger partial charge in [-0.3, -0.25) is 9.59 Å². The van der Waals surface area contributed by atoms with Gasteiger partial charge in [-0.15, -0.1) is 11.3 Å². The molecule has 5 heteroatoms. The highest BCUT2D eigenvalue weighted by atomic mass is 32.1. The minimum absolute atomic E-state index is 0.0967. The number of carbonyl (C=O) groups excluding carboxylic acids is 2. The zero-order valence-electron chi connectivity index (χ0n) is 11.0. The third-order valence-electron chi connectivity index (χ3n) is 3.47. The molecule has 0 saturated carbocycles. The first kappa shape index (κ1) is 13.0. The molecule has 2 aromatic rings. The van der Waals surface area contributed by atoms with Crippen LogP contribution in [0.25, 0.3) is 0 Å². The summed E-state index contributed by atoms with van der Waals surface area (Å²) in [6.07, 6.45) is -0.178. The molecule has 3 rings (SSSR count). The number of hydrogen-bond donors (Lipinski definition) is 1. The molecule has 0 saturated heterocycles. The second-order valence-electron chi connectivity index (χ2n) is 4.63. The number of aromatic hydroxyl groups is 1. The van der Waals surface area contributed by atoms with Crippen molar-refractivity contribution in [2.75, 3.05) is 7.11 Å². The highest BCUT2D eigenvalue weighted by molar-refractivity contribution is 7.14. The van der Waals surface area contributed by atoms with E-state index in [9.17, 15) is 14.7 Å². The third kappa shape index (κ3) is 1.71. The SMILES string of the molecule is COC(C)c1cc2c(s1)C(=O)c1cccc(O)c1C2=O. The van der Waals surface area contributed by atoms with Gasteiger partial charge in [-0.25, -0.2) is 0 Å². The lowest BCUT2D eigenvalue weighted by Crippen LogP contribution is -2.18. The van der Waals surface area contributed by atoms with Gasteiger partial charge < -0.3 is 9.84 Å². The number of ketones is 2. The van der Waals surface area contributed by atoms with Crippen LogP contribution in [0.4, 0.5) is 0 Å². The minimum atomic E-state index is -0.307. The van der Waals surface area contributed by atoms with Gasteiger partial charge in [-0.2, -0.15) is 0 Å². The second-order valence-corrected chi connectivity index (χ2v) is 5.71. The molecule has 0 bridgehead atoms. The number of benzene rings is 1. The fourth-order valence-corrected chi connectivity index (χ4v) is 3.43. The Morgan fingerprint density at radius 2 is 1.95 bits per heavy atom. The molecule has 1 aliphatic carbocycles. The highest BCUT2D eigenvalue weighted by Gasteiger charge is 2.34. The fourth-order valence-electron chi connectivity index (χ4n) is 2.29. The molecule has 0 aliphatic heterocycles. The van der Waals surface area contributed by atoms with E-state index in [-0.39, 0.29) is 34.5 Å². The van der Waals surface area contributed by atoms with E-state index < -0.39 is 0 Å². The second kappa shape index (κ2) is 4.54. The molecule has 1 unspecified atom stereocenters. The predicted molar refractivity (Wildman–Crippen MR) is 74.7 cm³/mol.